The van der Waals surface area contributed by atoms with Gasteiger partial charge in [-0.05, 0) is 24.3 Å². The monoisotopic (exact) mass is 303 g/mol. The molecule has 1 aromatic carbocycles. The summed E-state index contributed by atoms with van der Waals surface area (Å²) >= 11 is 0. The number of carbonyl (C=O) groups is 3. The van der Waals surface area contributed by atoms with Crippen molar-refractivity contribution in [1.82, 2.24) is 5.32 Å². The summed E-state index contributed by atoms with van der Waals surface area (Å²) in [5.41, 5.74) is 1.33. The molecule has 0 atom stereocenters. The highest BCUT2D eigenvalue weighted by Crippen LogP contribution is 2.18. The van der Waals surface area contributed by atoms with Gasteiger partial charge in [-0.1, -0.05) is 6.08 Å². The Hall–Kier alpha value is -2.63. The first kappa shape index (κ1) is 17.4. The molecule has 118 valence electrons. The number of carbonyl (C=O) groups excluding carboxylic acids is 3. The maximum Gasteiger partial charge on any atom is 0.223 e. The maximum atomic E-state index is 11.7. The van der Waals surface area contributed by atoms with Crippen LogP contribution in [-0.2, 0) is 14.4 Å². The molecule has 0 spiro atoms. The van der Waals surface area contributed by atoms with Crippen LogP contribution in [0.15, 0.2) is 36.9 Å². The smallest absolute Gasteiger partial charge is 0.223 e. The van der Waals surface area contributed by atoms with Crippen LogP contribution in [0.2, 0.25) is 0 Å². The Balaban J connectivity index is 2.70. The second kappa shape index (κ2) is 8.61. The number of amides is 3. The van der Waals surface area contributed by atoms with Gasteiger partial charge in [0.1, 0.15) is 0 Å². The predicted molar refractivity (Wildman–Crippen MR) is 86.6 cm³/mol. The number of nitrogens with zero attached hydrogens (tertiary/aromatic N) is 1. The van der Waals surface area contributed by atoms with E-state index in [0.717, 1.165) is 0 Å². The van der Waals surface area contributed by atoms with Crippen molar-refractivity contribution in [2.75, 3.05) is 23.3 Å². The lowest BCUT2D eigenvalue weighted by molar-refractivity contribution is -0.121. The van der Waals surface area contributed by atoms with Crippen molar-refractivity contribution in [2.24, 2.45) is 0 Å². The van der Waals surface area contributed by atoms with Gasteiger partial charge in [-0.3, -0.25) is 14.4 Å². The van der Waals surface area contributed by atoms with Crippen LogP contribution >= 0.6 is 0 Å². The summed E-state index contributed by atoms with van der Waals surface area (Å²) in [6, 6.07) is 6.89. The molecule has 3 amide bonds. The molecule has 0 aromatic heterocycles. The standard InChI is InChI=1S/C16H21N3O3/c1-4-10-17-16(22)9-11-19(13(3)21)15-7-5-14(6-8-15)18-12(2)20/h4-8H,1,9-11H2,2-3H3,(H,17,22)(H,18,20). The zero-order chi connectivity index (χ0) is 16.5. The Labute approximate surface area is 130 Å². The molecule has 0 fully saturated rings. The molecule has 1 aromatic rings. The zero-order valence-corrected chi connectivity index (χ0v) is 12.9. The lowest BCUT2D eigenvalue weighted by atomic mass is 10.2. The van der Waals surface area contributed by atoms with Crippen molar-refractivity contribution in [3.63, 3.8) is 0 Å². The molecule has 0 aliphatic carbocycles. The van der Waals surface area contributed by atoms with Gasteiger partial charge in [0, 0.05) is 44.7 Å². The van der Waals surface area contributed by atoms with Crippen LogP contribution in [0.3, 0.4) is 0 Å². The van der Waals surface area contributed by atoms with E-state index in [1.165, 1.54) is 18.7 Å². The minimum absolute atomic E-state index is 0.138. The molecule has 0 aliphatic heterocycles. The molecule has 1 rings (SSSR count). The molecule has 0 aliphatic rings. The van der Waals surface area contributed by atoms with Crippen LogP contribution in [0.5, 0.6) is 0 Å². The van der Waals surface area contributed by atoms with Crippen molar-refractivity contribution < 1.29 is 14.4 Å². The van der Waals surface area contributed by atoms with E-state index in [9.17, 15) is 14.4 Å². The van der Waals surface area contributed by atoms with E-state index in [1.807, 2.05) is 0 Å². The minimum atomic E-state index is -0.157. The number of hydrogen-bond acceptors (Lipinski definition) is 3. The van der Waals surface area contributed by atoms with Crippen LogP contribution < -0.4 is 15.5 Å². The van der Waals surface area contributed by atoms with Gasteiger partial charge < -0.3 is 15.5 Å². The Kier molecular flexibility index (Phi) is 6.82. The summed E-state index contributed by atoms with van der Waals surface area (Å²) < 4.78 is 0. The largest absolute Gasteiger partial charge is 0.353 e. The number of rotatable bonds is 7. The molecule has 0 heterocycles. The lowest BCUT2D eigenvalue weighted by Crippen LogP contribution is -2.33. The Bertz CT molecular complexity index is 552. The summed E-state index contributed by atoms with van der Waals surface area (Å²) in [5.74, 6) is -0.445. The molecule has 6 nitrogen and oxygen atoms in total. The predicted octanol–water partition coefficient (Wildman–Crippen LogP) is 1.69. The fraction of sp³-hybridized carbons (Fsp3) is 0.312. The summed E-state index contributed by atoms with van der Waals surface area (Å²) in [4.78, 5) is 35.8. The van der Waals surface area contributed by atoms with Gasteiger partial charge in [-0.25, -0.2) is 0 Å². The van der Waals surface area contributed by atoms with E-state index >= 15 is 0 Å². The Morgan fingerprint density at radius 3 is 2.32 bits per heavy atom. The lowest BCUT2D eigenvalue weighted by Gasteiger charge is -2.21. The fourth-order valence-corrected chi connectivity index (χ4v) is 1.88. The van der Waals surface area contributed by atoms with Crippen LogP contribution in [0.25, 0.3) is 0 Å². The first-order chi connectivity index (χ1) is 10.4. The van der Waals surface area contributed by atoms with Gasteiger partial charge in [-0.15, -0.1) is 6.58 Å². The van der Waals surface area contributed by atoms with Crippen LogP contribution in [0.4, 0.5) is 11.4 Å². The quantitative estimate of drug-likeness (QED) is 0.752. The Morgan fingerprint density at radius 2 is 1.82 bits per heavy atom. The third kappa shape index (κ3) is 5.78. The molecular weight excluding hydrogens is 282 g/mol. The van der Waals surface area contributed by atoms with Crippen molar-refractivity contribution in [3.8, 4) is 0 Å². The van der Waals surface area contributed by atoms with Gasteiger partial charge in [0.25, 0.3) is 0 Å². The van der Waals surface area contributed by atoms with Gasteiger partial charge in [-0.2, -0.15) is 0 Å². The van der Waals surface area contributed by atoms with E-state index in [4.69, 9.17) is 0 Å². The number of benzene rings is 1. The molecule has 6 heteroatoms. The average Bonchev–Trinajstić information content (AvgIpc) is 2.46. The first-order valence-electron chi connectivity index (χ1n) is 6.97. The summed E-state index contributed by atoms with van der Waals surface area (Å²) in [7, 11) is 0. The van der Waals surface area contributed by atoms with Gasteiger partial charge in [0.05, 0.1) is 0 Å². The SMILES string of the molecule is C=CCNC(=O)CCN(C(C)=O)c1ccc(NC(C)=O)cc1. The van der Waals surface area contributed by atoms with Crippen LogP contribution in [-0.4, -0.2) is 30.8 Å². The summed E-state index contributed by atoms with van der Waals surface area (Å²) in [6.45, 7) is 7.10. The average molecular weight is 303 g/mol. The molecule has 2 N–H and O–H groups in total. The number of anilines is 2. The normalized spacial score (nSPS) is 9.73. The summed E-state index contributed by atoms with van der Waals surface area (Å²) in [6.07, 6.45) is 1.81. The van der Waals surface area contributed by atoms with Crippen LogP contribution in [0, 0.1) is 0 Å². The van der Waals surface area contributed by atoms with Gasteiger partial charge in [0.2, 0.25) is 17.7 Å². The van der Waals surface area contributed by atoms with Crippen molar-refractivity contribution >= 4 is 29.1 Å². The highest BCUT2D eigenvalue weighted by molar-refractivity contribution is 5.93. The second-order valence-electron chi connectivity index (χ2n) is 4.74. The maximum absolute atomic E-state index is 11.7. The van der Waals surface area contributed by atoms with E-state index in [0.29, 0.717) is 17.9 Å². The molecule has 0 bridgehead atoms. The fourth-order valence-electron chi connectivity index (χ4n) is 1.88. The van der Waals surface area contributed by atoms with E-state index < -0.39 is 0 Å². The van der Waals surface area contributed by atoms with Gasteiger partial charge in [0.15, 0.2) is 0 Å². The summed E-state index contributed by atoms with van der Waals surface area (Å²) in [5, 5.41) is 5.32. The van der Waals surface area contributed by atoms with E-state index in [-0.39, 0.29) is 30.7 Å². The molecule has 22 heavy (non-hydrogen) atoms. The highest BCUT2D eigenvalue weighted by atomic mass is 16.2. The third-order valence-corrected chi connectivity index (χ3v) is 2.89. The third-order valence-electron chi connectivity index (χ3n) is 2.89. The molecular formula is C16H21N3O3. The Morgan fingerprint density at radius 1 is 1.18 bits per heavy atom. The molecule has 0 unspecified atom stereocenters. The second-order valence-corrected chi connectivity index (χ2v) is 4.74. The molecule has 0 radical (unpaired) electrons. The van der Waals surface area contributed by atoms with Crippen LogP contribution in [0.1, 0.15) is 20.3 Å². The molecule has 0 saturated heterocycles. The van der Waals surface area contributed by atoms with Gasteiger partial charge >= 0.3 is 0 Å². The van der Waals surface area contributed by atoms with E-state index in [2.05, 4.69) is 17.2 Å². The van der Waals surface area contributed by atoms with Crippen molar-refractivity contribution in [3.05, 3.63) is 36.9 Å². The first-order valence-corrected chi connectivity index (χ1v) is 6.97. The molecule has 0 saturated carbocycles. The van der Waals surface area contributed by atoms with Crippen molar-refractivity contribution in [1.29, 1.82) is 0 Å². The number of nitrogens with one attached hydrogen (secondary N) is 2. The topological polar surface area (TPSA) is 78.5 Å². The highest BCUT2D eigenvalue weighted by Gasteiger charge is 2.13. The minimum Gasteiger partial charge on any atom is -0.353 e. The zero-order valence-electron chi connectivity index (χ0n) is 12.9. The van der Waals surface area contributed by atoms with E-state index in [1.54, 1.807) is 30.3 Å². The van der Waals surface area contributed by atoms with Crippen molar-refractivity contribution in [2.45, 2.75) is 20.3 Å². The number of hydrogen-bond donors (Lipinski definition) is 2.